The molecule has 0 aromatic carbocycles. The molecule has 0 rings (SSSR count). The number of hydrogen-bond acceptors (Lipinski definition) is 3. The summed E-state index contributed by atoms with van der Waals surface area (Å²) in [5.41, 5.74) is -0.830. The molecule has 32 heavy (non-hydrogen) atoms. The van der Waals surface area contributed by atoms with Crippen LogP contribution in [0.1, 0.15) is 149 Å². The smallest absolute Gasteiger partial charge is 0.147 e. The first-order valence-electron chi connectivity index (χ1n) is 14.1. The second-order valence-electron chi connectivity index (χ2n) is 10.6. The first kappa shape index (κ1) is 31.3. The maximum Gasteiger partial charge on any atom is 0.147 e. The second-order valence-corrected chi connectivity index (χ2v) is 10.6. The maximum absolute atomic E-state index is 13.1. The Labute approximate surface area is 201 Å². The maximum atomic E-state index is 13.1. The molecule has 0 saturated heterocycles. The van der Waals surface area contributed by atoms with Gasteiger partial charge in [0, 0.05) is 19.4 Å². The Morgan fingerprint density at radius 2 is 0.812 bits per heavy atom. The predicted octanol–water partition coefficient (Wildman–Crippen LogP) is 8.53. The van der Waals surface area contributed by atoms with Gasteiger partial charge in [-0.05, 0) is 33.9 Å². The molecule has 0 aromatic rings. The molecule has 0 spiro atoms. The van der Waals surface area contributed by atoms with Crippen LogP contribution in [0.2, 0.25) is 0 Å². The number of nitrogens with zero attached hydrogens (tertiary/aromatic N) is 1. The Kier molecular flexibility index (Phi) is 20.4. The van der Waals surface area contributed by atoms with Gasteiger partial charge in [-0.3, -0.25) is 9.59 Å². The van der Waals surface area contributed by atoms with Crippen molar-refractivity contribution >= 4 is 11.6 Å². The predicted molar refractivity (Wildman–Crippen MR) is 140 cm³/mol. The van der Waals surface area contributed by atoms with E-state index in [4.69, 9.17) is 0 Å². The van der Waals surface area contributed by atoms with Gasteiger partial charge >= 0.3 is 0 Å². The molecule has 0 saturated carbocycles. The fourth-order valence-corrected chi connectivity index (χ4v) is 4.71. The SMILES string of the molecule is CCCCCCCCCCCC(=O)C(C)(CN(C)C)C(=O)CCCCCCCCCCC. The first-order chi connectivity index (χ1) is 15.4. The molecule has 3 nitrogen and oxygen atoms in total. The van der Waals surface area contributed by atoms with Crippen LogP contribution < -0.4 is 0 Å². The quantitative estimate of drug-likeness (QED) is 0.109. The summed E-state index contributed by atoms with van der Waals surface area (Å²) >= 11 is 0. The Hall–Kier alpha value is -0.700. The van der Waals surface area contributed by atoms with Crippen molar-refractivity contribution in [2.75, 3.05) is 20.6 Å². The van der Waals surface area contributed by atoms with E-state index in [0.717, 1.165) is 25.7 Å². The summed E-state index contributed by atoms with van der Waals surface area (Å²) in [7, 11) is 3.94. The summed E-state index contributed by atoms with van der Waals surface area (Å²) in [6, 6.07) is 0. The number of carbonyl (C=O) groups excluding carboxylic acids is 2. The fourth-order valence-electron chi connectivity index (χ4n) is 4.71. The Morgan fingerprint density at radius 1 is 0.531 bits per heavy atom. The normalized spacial score (nSPS) is 11.9. The molecule has 0 N–H and O–H groups in total. The lowest BCUT2D eigenvalue weighted by atomic mass is 9.77. The molecule has 190 valence electrons. The highest BCUT2D eigenvalue weighted by Crippen LogP contribution is 2.27. The molecule has 0 amide bonds. The van der Waals surface area contributed by atoms with Crippen molar-refractivity contribution in [3.05, 3.63) is 0 Å². The van der Waals surface area contributed by atoms with Crippen LogP contribution in [0.15, 0.2) is 0 Å². The van der Waals surface area contributed by atoms with Crippen LogP contribution in [0.4, 0.5) is 0 Å². The summed E-state index contributed by atoms with van der Waals surface area (Å²) < 4.78 is 0. The number of rotatable bonds is 24. The van der Waals surface area contributed by atoms with E-state index in [1.165, 1.54) is 89.9 Å². The molecular weight excluding hydrogens is 394 g/mol. The van der Waals surface area contributed by atoms with Gasteiger partial charge in [0.2, 0.25) is 0 Å². The van der Waals surface area contributed by atoms with E-state index in [2.05, 4.69) is 13.8 Å². The van der Waals surface area contributed by atoms with E-state index in [9.17, 15) is 9.59 Å². The molecule has 0 atom stereocenters. The number of ketones is 2. The second kappa shape index (κ2) is 20.9. The average molecular weight is 452 g/mol. The summed E-state index contributed by atoms with van der Waals surface area (Å²) in [5.74, 6) is 0.324. The zero-order valence-electron chi connectivity index (χ0n) is 22.6. The van der Waals surface area contributed by atoms with Gasteiger partial charge in [0.15, 0.2) is 0 Å². The Morgan fingerprint density at radius 3 is 1.09 bits per heavy atom. The molecule has 0 unspecified atom stereocenters. The zero-order chi connectivity index (χ0) is 24.1. The van der Waals surface area contributed by atoms with Crippen molar-refractivity contribution in [1.29, 1.82) is 0 Å². The van der Waals surface area contributed by atoms with Gasteiger partial charge in [0.25, 0.3) is 0 Å². The van der Waals surface area contributed by atoms with Gasteiger partial charge in [0.1, 0.15) is 11.6 Å². The summed E-state index contributed by atoms with van der Waals surface area (Å²) in [4.78, 5) is 28.1. The average Bonchev–Trinajstić information content (AvgIpc) is 2.75. The lowest BCUT2D eigenvalue weighted by Gasteiger charge is -2.30. The van der Waals surface area contributed by atoms with E-state index < -0.39 is 5.41 Å². The monoisotopic (exact) mass is 451 g/mol. The van der Waals surface area contributed by atoms with Crippen molar-refractivity contribution in [2.24, 2.45) is 5.41 Å². The van der Waals surface area contributed by atoms with Gasteiger partial charge in [-0.15, -0.1) is 0 Å². The van der Waals surface area contributed by atoms with Crippen LogP contribution in [0.3, 0.4) is 0 Å². The summed E-state index contributed by atoms with van der Waals surface area (Å²) in [6.45, 7) is 6.95. The third-order valence-electron chi connectivity index (χ3n) is 6.88. The highest BCUT2D eigenvalue weighted by Gasteiger charge is 2.39. The van der Waals surface area contributed by atoms with Gasteiger partial charge in [0.05, 0.1) is 5.41 Å². The van der Waals surface area contributed by atoms with E-state index in [1.807, 2.05) is 25.9 Å². The van der Waals surface area contributed by atoms with Crippen molar-refractivity contribution in [2.45, 2.75) is 149 Å². The van der Waals surface area contributed by atoms with Gasteiger partial charge < -0.3 is 4.90 Å². The lowest BCUT2D eigenvalue weighted by Crippen LogP contribution is -2.44. The third kappa shape index (κ3) is 16.0. The number of Topliss-reactive ketones (excluding diaryl/α,β-unsaturated/α-hetero) is 2. The standard InChI is InChI=1S/C29H57NO2/c1-6-8-10-12-14-16-18-20-22-24-27(31)29(3,26-30(4)5)28(32)25-23-21-19-17-15-13-11-9-7-2/h6-26H2,1-5H3. The van der Waals surface area contributed by atoms with E-state index in [1.54, 1.807) is 0 Å². The Balaban J connectivity index is 4.18. The van der Waals surface area contributed by atoms with Crippen LogP contribution >= 0.6 is 0 Å². The molecule has 3 heteroatoms. The molecule has 0 aromatic heterocycles. The molecule has 0 radical (unpaired) electrons. The van der Waals surface area contributed by atoms with Crippen molar-refractivity contribution in [3.63, 3.8) is 0 Å². The van der Waals surface area contributed by atoms with Crippen LogP contribution in [0.25, 0.3) is 0 Å². The van der Waals surface area contributed by atoms with Crippen molar-refractivity contribution < 1.29 is 9.59 Å². The molecule has 0 bridgehead atoms. The van der Waals surface area contributed by atoms with Crippen molar-refractivity contribution in [3.8, 4) is 0 Å². The minimum absolute atomic E-state index is 0.162. The third-order valence-corrected chi connectivity index (χ3v) is 6.88. The number of hydrogen-bond donors (Lipinski definition) is 0. The molecule has 0 aliphatic rings. The largest absolute Gasteiger partial charge is 0.308 e. The fraction of sp³-hybridized carbons (Fsp3) is 0.931. The van der Waals surface area contributed by atoms with E-state index in [0.29, 0.717) is 19.4 Å². The molecular formula is C29H57NO2. The van der Waals surface area contributed by atoms with Crippen LogP contribution in [0.5, 0.6) is 0 Å². The zero-order valence-corrected chi connectivity index (χ0v) is 22.6. The van der Waals surface area contributed by atoms with Gasteiger partial charge in [-0.1, -0.05) is 117 Å². The molecule has 0 aliphatic carbocycles. The summed E-state index contributed by atoms with van der Waals surface area (Å²) in [5, 5.41) is 0. The van der Waals surface area contributed by atoms with Gasteiger partial charge in [-0.25, -0.2) is 0 Å². The minimum atomic E-state index is -0.830. The highest BCUT2D eigenvalue weighted by atomic mass is 16.2. The lowest BCUT2D eigenvalue weighted by molar-refractivity contribution is -0.141. The van der Waals surface area contributed by atoms with Crippen LogP contribution in [0, 0.1) is 5.41 Å². The van der Waals surface area contributed by atoms with E-state index in [-0.39, 0.29) is 11.6 Å². The van der Waals surface area contributed by atoms with Crippen LogP contribution in [-0.2, 0) is 9.59 Å². The van der Waals surface area contributed by atoms with Crippen LogP contribution in [-0.4, -0.2) is 37.1 Å². The van der Waals surface area contributed by atoms with E-state index >= 15 is 0 Å². The highest BCUT2D eigenvalue weighted by molar-refractivity contribution is 6.06. The number of carbonyl (C=O) groups is 2. The number of unbranched alkanes of at least 4 members (excludes halogenated alkanes) is 16. The summed E-state index contributed by atoms with van der Waals surface area (Å²) in [6.07, 6.45) is 23.6. The molecule has 0 aliphatic heterocycles. The minimum Gasteiger partial charge on any atom is -0.308 e. The Bertz CT molecular complexity index is 424. The molecule has 0 fully saturated rings. The molecule has 0 heterocycles. The first-order valence-corrected chi connectivity index (χ1v) is 14.1. The van der Waals surface area contributed by atoms with Gasteiger partial charge in [-0.2, -0.15) is 0 Å². The van der Waals surface area contributed by atoms with Crippen molar-refractivity contribution in [1.82, 2.24) is 4.90 Å². The topological polar surface area (TPSA) is 37.4 Å².